The van der Waals surface area contributed by atoms with Crippen LogP contribution in [0, 0.1) is 18.7 Å². The summed E-state index contributed by atoms with van der Waals surface area (Å²) in [5.74, 6) is -0.0171. The quantitative estimate of drug-likeness (QED) is 0.779. The molecule has 0 saturated carbocycles. The maximum absolute atomic E-state index is 13.2. The van der Waals surface area contributed by atoms with Gasteiger partial charge in [-0.15, -0.1) is 0 Å². The Morgan fingerprint density at radius 2 is 2.27 bits per heavy atom. The zero-order valence-electron chi connectivity index (χ0n) is 12.9. The molecule has 0 aliphatic carbocycles. The minimum absolute atomic E-state index is 0.226. The number of benzene rings is 1. The van der Waals surface area contributed by atoms with Gasteiger partial charge in [0.25, 0.3) is 0 Å². The Kier molecular flexibility index (Phi) is 6.15. The maximum Gasteiger partial charge on any atom is 0.319 e. The molecule has 1 aliphatic rings. The van der Waals surface area contributed by atoms with Crippen LogP contribution < -0.4 is 10.6 Å². The number of rotatable bonds is 5. The molecule has 6 heteroatoms. The van der Waals surface area contributed by atoms with E-state index in [2.05, 4.69) is 15.5 Å². The van der Waals surface area contributed by atoms with Crippen LogP contribution in [-0.2, 0) is 0 Å². The van der Waals surface area contributed by atoms with Crippen molar-refractivity contribution in [3.8, 4) is 0 Å². The summed E-state index contributed by atoms with van der Waals surface area (Å²) in [5.41, 5.74) is 1.21. The standard InChI is InChI=1S/C16H24FN3O2/c1-12-7-14(17)9-15(8-12)19-16(22)18-4-6-20-5-2-3-13(10-20)11-21/h7-9,13,21H,2-6,10-11H2,1H3,(H2,18,19,22)/t13-/m0/s1. The first-order valence-electron chi connectivity index (χ1n) is 7.72. The lowest BCUT2D eigenvalue weighted by Crippen LogP contribution is -2.42. The lowest BCUT2D eigenvalue weighted by atomic mass is 9.99. The highest BCUT2D eigenvalue weighted by atomic mass is 19.1. The summed E-state index contributed by atoms with van der Waals surface area (Å²) in [6.45, 7) is 5.17. The van der Waals surface area contributed by atoms with E-state index in [4.69, 9.17) is 0 Å². The van der Waals surface area contributed by atoms with Gasteiger partial charge in [0.2, 0.25) is 0 Å². The molecule has 1 saturated heterocycles. The first-order chi connectivity index (χ1) is 10.6. The molecule has 1 fully saturated rings. The summed E-state index contributed by atoms with van der Waals surface area (Å²) in [7, 11) is 0. The number of aliphatic hydroxyl groups is 1. The highest BCUT2D eigenvalue weighted by molar-refractivity contribution is 5.89. The fourth-order valence-corrected chi connectivity index (χ4v) is 2.81. The summed E-state index contributed by atoms with van der Waals surface area (Å²) < 4.78 is 13.2. The van der Waals surface area contributed by atoms with E-state index in [1.165, 1.54) is 12.1 Å². The molecule has 3 N–H and O–H groups in total. The second kappa shape index (κ2) is 8.10. The van der Waals surface area contributed by atoms with Crippen LogP contribution in [-0.4, -0.2) is 48.8 Å². The van der Waals surface area contributed by atoms with Gasteiger partial charge in [-0.2, -0.15) is 0 Å². The molecule has 1 aromatic carbocycles. The van der Waals surface area contributed by atoms with Gasteiger partial charge in [0.05, 0.1) is 0 Å². The second-order valence-electron chi connectivity index (χ2n) is 5.89. The number of urea groups is 1. The Morgan fingerprint density at radius 3 is 3.00 bits per heavy atom. The van der Waals surface area contributed by atoms with Crippen molar-refractivity contribution in [3.05, 3.63) is 29.6 Å². The Hall–Kier alpha value is -1.66. The Morgan fingerprint density at radius 1 is 1.45 bits per heavy atom. The largest absolute Gasteiger partial charge is 0.396 e. The molecule has 0 radical (unpaired) electrons. The number of hydrogen-bond donors (Lipinski definition) is 3. The predicted molar refractivity (Wildman–Crippen MR) is 84.4 cm³/mol. The molecule has 22 heavy (non-hydrogen) atoms. The van der Waals surface area contributed by atoms with E-state index in [1.807, 2.05) is 0 Å². The van der Waals surface area contributed by atoms with E-state index >= 15 is 0 Å². The van der Waals surface area contributed by atoms with Gasteiger partial charge in [0.15, 0.2) is 0 Å². The zero-order valence-corrected chi connectivity index (χ0v) is 12.9. The molecule has 0 spiro atoms. The number of halogens is 1. The first kappa shape index (κ1) is 16.7. The molecule has 1 aromatic rings. The summed E-state index contributed by atoms with van der Waals surface area (Å²) in [6.07, 6.45) is 2.15. The summed E-state index contributed by atoms with van der Waals surface area (Å²) in [4.78, 5) is 14.0. The van der Waals surface area contributed by atoms with Gasteiger partial charge in [-0.05, 0) is 56.0 Å². The number of piperidine rings is 1. The minimum atomic E-state index is -0.362. The number of aryl methyl sites for hydroxylation is 1. The van der Waals surface area contributed by atoms with Crippen LogP contribution in [0.25, 0.3) is 0 Å². The number of hydrogen-bond acceptors (Lipinski definition) is 3. The molecule has 0 unspecified atom stereocenters. The maximum atomic E-state index is 13.2. The van der Waals surface area contributed by atoms with Gasteiger partial charge >= 0.3 is 6.03 Å². The third-order valence-corrected chi connectivity index (χ3v) is 3.87. The van der Waals surface area contributed by atoms with Crippen molar-refractivity contribution in [1.29, 1.82) is 0 Å². The second-order valence-corrected chi connectivity index (χ2v) is 5.89. The average molecular weight is 309 g/mol. The van der Waals surface area contributed by atoms with Gasteiger partial charge in [-0.25, -0.2) is 9.18 Å². The summed E-state index contributed by atoms with van der Waals surface area (Å²) in [5, 5.41) is 14.6. The topological polar surface area (TPSA) is 64.6 Å². The lowest BCUT2D eigenvalue weighted by molar-refractivity contribution is 0.121. The van der Waals surface area contributed by atoms with E-state index in [9.17, 15) is 14.3 Å². The Labute approximate surface area is 130 Å². The van der Waals surface area contributed by atoms with Gasteiger partial charge in [0, 0.05) is 31.9 Å². The van der Waals surface area contributed by atoms with Gasteiger partial charge in [-0.1, -0.05) is 0 Å². The van der Waals surface area contributed by atoms with Crippen molar-refractivity contribution in [2.75, 3.05) is 38.1 Å². The SMILES string of the molecule is Cc1cc(F)cc(NC(=O)NCCN2CCC[C@H](CO)C2)c1. The number of carbonyl (C=O) groups excluding carboxylic acids is 1. The molecule has 5 nitrogen and oxygen atoms in total. The summed E-state index contributed by atoms with van der Waals surface area (Å²) in [6, 6.07) is 4.10. The van der Waals surface area contributed by atoms with Crippen molar-refractivity contribution in [1.82, 2.24) is 10.2 Å². The molecule has 122 valence electrons. The van der Waals surface area contributed by atoms with E-state index in [1.54, 1.807) is 13.0 Å². The number of anilines is 1. The van der Waals surface area contributed by atoms with Crippen molar-refractivity contribution in [2.24, 2.45) is 5.92 Å². The minimum Gasteiger partial charge on any atom is -0.396 e. The van der Waals surface area contributed by atoms with E-state index < -0.39 is 0 Å². The lowest BCUT2D eigenvalue weighted by Gasteiger charge is -2.31. The van der Waals surface area contributed by atoms with E-state index in [-0.39, 0.29) is 18.5 Å². The van der Waals surface area contributed by atoms with Crippen LogP contribution in [0.15, 0.2) is 18.2 Å². The number of aliphatic hydroxyl groups excluding tert-OH is 1. The predicted octanol–water partition coefficient (Wildman–Crippen LogP) is 1.96. The molecule has 2 amide bonds. The number of nitrogens with one attached hydrogen (secondary N) is 2. The van der Waals surface area contributed by atoms with Crippen molar-refractivity contribution in [2.45, 2.75) is 19.8 Å². The monoisotopic (exact) mass is 309 g/mol. The van der Waals surface area contributed by atoms with Crippen LogP contribution in [0.5, 0.6) is 0 Å². The first-order valence-corrected chi connectivity index (χ1v) is 7.72. The number of nitrogens with zero attached hydrogens (tertiary/aromatic N) is 1. The third kappa shape index (κ3) is 5.27. The molecular weight excluding hydrogens is 285 g/mol. The Balaban J connectivity index is 1.71. The van der Waals surface area contributed by atoms with E-state index in [0.29, 0.717) is 18.2 Å². The highest BCUT2D eigenvalue weighted by Gasteiger charge is 2.18. The average Bonchev–Trinajstić information content (AvgIpc) is 2.46. The number of amides is 2. The molecule has 0 bridgehead atoms. The molecular formula is C16H24FN3O2. The van der Waals surface area contributed by atoms with Crippen LogP contribution in [0.1, 0.15) is 18.4 Å². The van der Waals surface area contributed by atoms with Crippen molar-refractivity contribution >= 4 is 11.7 Å². The normalized spacial score (nSPS) is 19.0. The van der Waals surface area contributed by atoms with Crippen LogP contribution in [0.3, 0.4) is 0 Å². The fraction of sp³-hybridized carbons (Fsp3) is 0.562. The van der Waals surface area contributed by atoms with Crippen LogP contribution in [0.4, 0.5) is 14.9 Å². The third-order valence-electron chi connectivity index (χ3n) is 3.87. The van der Waals surface area contributed by atoms with Gasteiger partial charge in [0.1, 0.15) is 5.82 Å². The number of likely N-dealkylation sites (tertiary alicyclic amines) is 1. The highest BCUT2D eigenvalue weighted by Crippen LogP contribution is 2.15. The van der Waals surface area contributed by atoms with Crippen LogP contribution in [0.2, 0.25) is 0 Å². The van der Waals surface area contributed by atoms with Crippen molar-refractivity contribution in [3.63, 3.8) is 0 Å². The summed E-state index contributed by atoms with van der Waals surface area (Å²) >= 11 is 0. The number of carbonyl (C=O) groups is 1. The zero-order chi connectivity index (χ0) is 15.9. The van der Waals surface area contributed by atoms with Gasteiger partial charge < -0.3 is 20.6 Å². The van der Waals surface area contributed by atoms with Crippen molar-refractivity contribution < 1.29 is 14.3 Å². The smallest absolute Gasteiger partial charge is 0.319 e. The molecule has 0 aromatic heterocycles. The molecule has 1 heterocycles. The molecule has 2 rings (SSSR count). The van der Waals surface area contributed by atoms with Crippen LogP contribution >= 0.6 is 0 Å². The molecule has 1 atom stereocenters. The van der Waals surface area contributed by atoms with E-state index in [0.717, 1.165) is 38.0 Å². The Bertz CT molecular complexity index is 490. The van der Waals surface area contributed by atoms with Gasteiger partial charge in [-0.3, -0.25) is 0 Å². The fourth-order valence-electron chi connectivity index (χ4n) is 2.81. The molecule has 1 aliphatic heterocycles.